The van der Waals surface area contributed by atoms with Crippen molar-refractivity contribution in [2.45, 2.75) is 13.8 Å². The number of aryl methyl sites for hydroxylation is 1. The van der Waals surface area contributed by atoms with Crippen molar-refractivity contribution >= 4 is 29.2 Å². The largest absolute Gasteiger partial charge is 0.484 e. The topological polar surface area (TPSA) is 93.7 Å². The Bertz CT molecular complexity index is 1090. The molecule has 0 aromatic heterocycles. The van der Waals surface area contributed by atoms with Gasteiger partial charge in [0.15, 0.2) is 6.61 Å². The Labute approximate surface area is 180 Å². The maximum absolute atomic E-state index is 12.5. The van der Waals surface area contributed by atoms with Crippen LogP contribution in [0.3, 0.4) is 0 Å². The minimum absolute atomic E-state index is 0.136. The summed E-state index contributed by atoms with van der Waals surface area (Å²) in [6, 6.07) is 20.5. The lowest BCUT2D eigenvalue weighted by Gasteiger charge is -2.10. The smallest absolute Gasteiger partial charge is 0.308 e. The lowest BCUT2D eigenvalue weighted by atomic mass is 10.2. The summed E-state index contributed by atoms with van der Waals surface area (Å²) < 4.78 is 10.5. The van der Waals surface area contributed by atoms with Gasteiger partial charge in [0.05, 0.1) is 0 Å². The average molecular weight is 418 g/mol. The number of rotatable bonds is 7. The number of hydrogen-bond donors (Lipinski definition) is 2. The van der Waals surface area contributed by atoms with Crippen molar-refractivity contribution in [3.63, 3.8) is 0 Å². The van der Waals surface area contributed by atoms with E-state index in [9.17, 15) is 14.4 Å². The van der Waals surface area contributed by atoms with Gasteiger partial charge < -0.3 is 20.1 Å². The van der Waals surface area contributed by atoms with Crippen LogP contribution in [-0.2, 0) is 9.59 Å². The van der Waals surface area contributed by atoms with Crippen LogP contribution in [0.5, 0.6) is 11.5 Å². The summed E-state index contributed by atoms with van der Waals surface area (Å²) in [5.41, 5.74) is 2.46. The minimum atomic E-state index is -0.465. The van der Waals surface area contributed by atoms with E-state index in [0.29, 0.717) is 22.7 Å². The summed E-state index contributed by atoms with van der Waals surface area (Å²) in [6.45, 7) is 3.12. The van der Waals surface area contributed by atoms with Gasteiger partial charge in [-0.2, -0.15) is 0 Å². The van der Waals surface area contributed by atoms with Crippen LogP contribution in [0.1, 0.15) is 22.8 Å². The Morgan fingerprint density at radius 2 is 1.48 bits per heavy atom. The van der Waals surface area contributed by atoms with E-state index in [0.717, 1.165) is 5.56 Å². The van der Waals surface area contributed by atoms with Gasteiger partial charge in [0, 0.05) is 23.9 Å². The van der Waals surface area contributed by atoms with Crippen LogP contribution >= 0.6 is 0 Å². The Morgan fingerprint density at radius 1 is 0.806 bits per heavy atom. The molecule has 0 saturated carbocycles. The molecule has 31 heavy (non-hydrogen) atoms. The third-order valence-corrected chi connectivity index (χ3v) is 4.15. The molecule has 0 unspecified atom stereocenters. The van der Waals surface area contributed by atoms with Crippen molar-refractivity contribution in [1.82, 2.24) is 0 Å². The number of hydrogen-bond acceptors (Lipinski definition) is 5. The molecule has 0 saturated heterocycles. The van der Waals surface area contributed by atoms with Gasteiger partial charge in [-0.3, -0.25) is 14.4 Å². The molecular weight excluding hydrogens is 396 g/mol. The summed E-state index contributed by atoms with van der Waals surface area (Å²) in [6.07, 6.45) is 0. The number of anilines is 2. The summed E-state index contributed by atoms with van der Waals surface area (Å²) in [4.78, 5) is 35.8. The van der Waals surface area contributed by atoms with Crippen LogP contribution in [0.2, 0.25) is 0 Å². The van der Waals surface area contributed by atoms with E-state index in [1.54, 1.807) is 54.6 Å². The number of benzene rings is 3. The molecule has 0 aliphatic heterocycles. The molecule has 0 radical (unpaired) electrons. The van der Waals surface area contributed by atoms with E-state index < -0.39 is 5.97 Å². The summed E-state index contributed by atoms with van der Waals surface area (Å²) >= 11 is 0. The highest BCUT2D eigenvalue weighted by Gasteiger charge is 2.10. The first-order valence-electron chi connectivity index (χ1n) is 9.58. The third kappa shape index (κ3) is 6.71. The van der Waals surface area contributed by atoms with Crippen LogP contribution in [-0.4, -0.2) is 24.4 Å². The Hall–Kier alpha value is -4.13. The number of amides is 2. The van der Waals surface area contributed by atoms with Crippen molar-refractivity contribution in [3.8, 4) is 11.5 Å². The van der Waals surface area contributed by atoms with Gasteiger partial charge in [-0.15, -0.1) is 0 Å². The molecule has 0 bridgehead atoms. The summed E-state index contributed by atoms with van der Waals surface area (Å²) in [7, 11) is 0. The van der Waals surface area contributed by atoms with Gasteiger partial charge in [-0.1, -0.05) is 29.8 Å². The SMILES string of the molecule is CC(=O)Oc1cccc(C(=O)Nc2cccc(NC(=O)COc3ccc(C)cc3)c2)c1. The lowest BCUT2D eigenvalue weighted by molar-refractivity contribution is -0.131. The maximum Gasteiger partial charge on any atom is 0.308 e. The van der Waals surface area contributed by atoms with Crippen molar-refractivity contribution in [1.29, 1.82) is 0 Å². The molecule has 158 valence electrons. The molecule has 3 aromatic rings. The van der Waals surface area contributed by atoms with E-state index in [2.05, 4.69) is 10.6 Å². The van der Waals surface area contributed by atoms with E-state index in [1.807, 2.05) is 19.1 Å². The van der Waals surface area contributed by atoms with E-state index in [-0.39, 0.29) is 24.2 Å². The minimum Gasteiger partial charge on any atom is -0.484 e. The number of esters is 1. The van der Waals surface area contributed by atoms with Crippen LogP contribution in [0.15, 0.2) is 72.8 Å². The quantitative estimate of drug-likeness (QED) is 0.443. The van der Waals surface area contributed by atoms with E-state index >= 15 is 0 Å². The van der Waals surface area contributed by atoms with Crippen molar-refractivity contribution in [3.05, 3.63) is 83.9 Å². The van der Waals surface area contributed by atoms with Crippen LogP contribution in [0.25, 0.3) is 0 Å². The number of carbonyl (C=O) groups is 3. The first kappa shape index (κ1) is 21.6. The third-order valence-electron chi connectivity index (χ3n) is 4.15. The highest BCUT2D eigenvalue weighted by atomic mass is 16.5. The molecule has 2 N–H and O–H groups in total. The standard InChI is InChI=1S/C24H22N2O5/c1-16-9-11-21(12-10-16)30-15-23(28)25-19-6-4-7-20(14-19)26-24(29)18-5-3-8-22(13-18)31-17(2)27/h3-14H,15H2,1-2H3,(H,25,28)(H,26,29). The van der Waals surface area contributed by atoms with Crippen LogP contribution < -0.4 is 20.1 Å². The maximum atomic E-state index is 12.5. The molecule has 0 aliphatic carbocycles. The second kappa shape index (κ2) is 10.1. The molecule has 2 amide bonds. The first-order chi connectivity index (χ1) is 14.9. The van der Waals surface area contributed by atoms with E-state index in [4.69, 9.17) is 9.47 Å². The van der Waals surface area contributed by atoms with Gasteiger partial charge in [-0.25, -0.2) is 0 Å². The molecule has 0 atom stereocenters. The fourth-order valence-corrected chi connectivity index (χ4v) is 2.73. The first-order valence-corrected chi connectivity index (χ1v) is 9.58. The Morgan fingerprint density at radius 3 is 2.19 bits per heavy atom. The molecule has 0 aliphatic rings. The highest BCUT2D eigenvalue weighted by Crippen LogP contribution is 2.19. The molecule has 3 rings (SSSR count). The molecule has 7 nitrogen and oxygen atoms in total. The van der Waals surface area contributed by atoms with Gasteiger partial charge in [0.2, 0.25) is 0 Å². The molecule has 3 aromatic carbocycles. The van der Waals surface area contributed by atoms with Gasteiger partial charge >= 0.3 is 5.97 Å². The van der Waals surface area contributed by atoms with Gasteiger partial charge in [0.1, 0.15) is 11.5 Å². The monoisotopic (exact) mass is 418 g/mol. The number of nitrogens with one attached hydrogen (secondary N) is 2. The second-order valence-electron chi connectivity index (χ2n) is 6.81. The van der Waals surface area contributed by atoms with Crippen molar-refractivity contribution in [2.24, 2.45) is 0 Å². The van der Waals surface area contributed by atoms with E-state index in [1.165, 1.54) is 13.0 Å². The summed E-state index contributed by atoms with van der Waals surface area (Å²) in [5.74, 6) is -0.266. The number of ether oxygens (including phenoxy) is 2. The normalized spacial score (nSPS) is 10.1. The molecular formula is C24H22N2O5. The molecule has 0 spiro atoms. The second-order valence-corrected chi connectivity index (χ2v) is 6.81. The van der Waals surface area contributed by atoms with Gasteiger partial charge in [-0.05, 0) is 55.5 Å². The lowest BCUT2D eigenvalue weighted by Crippen LogP contribution is -2.20. The molecule has 7 heteroatoms. The fraction of sp³-hybridized carbons (Fsp3) is 0.125. The summed E-state index contributed by atoms with van der Waals surface area (Å²) in [5, 5.41) is 5.49. The average Bonchev–Trinajstić information content (AvgIpc) is 2.73. The van der Waals surface area contributed by atoms with Crippen LogP contribution in [0, 0.1) is 6.92 Å². The molecule has 0 heterocycles. The van der Waals surface area contributed by atoms with Crippen molar-refractivity contribution < 1.29 is 23.9 Å². The molecule has 0 fully saturated rings. The fourth-order valence-electron chi connectivity index (χ4n) is 2.73. The number of carbonyl (C=O) groups excluding carboxylic acids is 3. The highest BCUT2D eigenvalue weighted by molar-refractivity contribution is 6.05. The zero-order valence-electron chi connectivity index (χ0n) is 17.2. The van der Waals surface area contributed by atoms with Crippen molar-refractivity contribution in [2.75, 3.05) is 17.2 Å². The Kier molecular flexibility index (Phi) is 7.01. The van der Waals surface area contributed by atoms with Crippen LogP contribution in [0.4, 0.5) is 11.4 Å². The zero-order chi connectivity index (χ0) is 22.2. The predicted molar refractivity (Wildman–Crippen MR) is 117 cm³/mol. The van der Waals surface area contributed by atoms with Gasteiger partial charge in [0.25, 0.3) is 11.8 Å². The zero-order valence-corrected chi connectivity index (χ0v) is 17.2. The Balaban J connectivity index is 1.58. The predicted octanol–water partition coefficient (Wildman–Crippen LogP) is 4.19.